The monoisotopic (exact) mass is 260 g/mol. The molecule has 0 saturated carbocycles. The highest BCUT2D eigenvalue weighted by atomic mass is 79.9. The van der Waals surface area contributed by atoms with Gasteiger partial charge in [0.25, 0.3) is 0 Å². The van der Waals surface area contributed by atoms with E-state index in [0.29, 0.717) is 11.1 Å². The summed E-state index contributed by atoms with van der Waals surface area (Å²) < 4.78 is 1.02. The molecular formula is C9H13BrN2S. The Morgan fingerprint density at radius 2 is 2.38 bits per heavy atom. The van der Waals surface area contributed by atoms with E-state index >= 15 is 0 Å². The smallest absolute Gasteiger partial charge is 0.124 e. The number of nitrogens with zero attached hydrogens (tertiary/aromatic N) is 1. The lowest BCUT2D eigenvalue weighted by Gasteiger charge is -2.09. The Bertz CT molecular complexity index is 291. The zero-order chi connectivity index (χ0) is 9.84. The lowest BCUT2D eigenvalue weighted by molar-refractivity contribution is 0.905. The summed E-state index contributed by atoms with van der Waals surface area (Å²) in [6.07, 6.45) is 2.90. The van der Waals surface area contributed by atoms with Crippen molar-refractivity contribution < 1.29 is 0 Å². The van der Waals surface area contributed by atoms with Crippen molar-refractivity contribution in [3.05, 3.63) is 16.7 Å². The van der Waals surface area contributed by atoms with Gasteiger partial charge in [-0.25, -0.2) is 4.98 Å². The van der Waals surface area contributed by atoms with Gasteiger partial charge in [0.15, 0.2) is 0 Å². The SMILES string of the molecule is CCC(C)Sc1cc(N)ncc1Br. The molecule has 2 nitrogen and oxygen atoms in total. The fourth-order valence-corrected chi connectivity index (χ4v) is 2.28. The minimum Gasteiger partial charge on any atom is -0.384 e. The number of aromatic nitrogens is 1. The number of hydrogen-bond acceptors (Lipinski definition) is 3. The normalized spacial score (nSPS) is 12.8. The molecule has 1 aromatic rings. The van der Waals surface area contributed by atoms with E-state index in [4.69, 9.17) is 5.73 Å². The largest absolute Gasteiger partial charge is 0.384 e. The van der Waals surface area contributed by atoms with Crippen molar-refractivity contribution in [1.29, 1.82) is 0 Å². The lowest BCUT2D eigenvalue weighted by atomic mass is 10.4. The summed E-state index contributed by atoms with van der Waals surface area (Å²) in [5, 5.41) is 0.609. The third kappa shape index (κ3) is 3.19. The number of thioether (sulfide) groups is 1. The van der Waals surface area contributed by atoms with E-state index in [1.54, 1.807) is 6.20 Å². The van der Waals surface area contributed by atoms with E-state index in [2.05, 4.69) is 34.8 Å². The van der Waals surface area contributed by atoms with Gasteiger partial charge < -0.3 is 5.73 Å². The molecule has 13 heavy (non-hydrogen) atoms. The molecule has 2 N–H and O–H groups in total. The molecule has 0 aromatic carbocycles. The molecule has 0 bridgehead atoms. The Hall–Kier alpha value is -0.220. The first-order valence-electron chi connectivity index (χ1n) is 4.21. The number of nitrogens with two attached hydrogens (primary N) is 1. The molecule has 1 atom stereocenters. The maximum absolute atomic E-state index is 5.60. The second kappa shape index (κ2) is 4.86. The molecule has 1 rings (SSSR count). The molecule has 72 valence electrons. The predicted molar refractivity (Wildman–Crippen MR) is 62.0 cm³/mol. The van der Waals surface area contributed by atoms with Crippen molar-refractivity contribution in [1.82, 2.24) is 4.98 Å². The molecule has 0 spiro atoms. The van der Waals surface area contributed by atoms with Crippen molar-refractivity contribution in [2.75, 3.05) is 5.73 Å². The zero-order valence-electron chi connectivity index (χ0n) is 7.75. The summed E-state index contributed by atoms with van der Waals surface area (Å²) in [6.45, 7) is 4.38. The Morgan fingerprint density at radius 1 is 1.69 bits per heavy atom. The van der Waals surface area contributed by atoms with Gasteiger partial charge in [0.05, 0.1) is 0 Å². The van der Waals surface area contributed by atoms with E-state index in [0.717, 1.165) is 10.9 Å². The third-order valence-electron chi connectivity index (χ3n) is 1.74. The van der Waals surface area contributed by atoms with Crippen LogP contribution in [0, 0.1) is 0 Å². The molecule has 0 aliphatic rings. The second-order valence-electron chi connectivity index (χ2n) is 2.88. The Labute approximate surface area is 91.4 Å². The van der Waals surface area contributed by atoms with E-state index in [1.165, 1.54) is 4.90 Å². The Kier molecular flexibility index (Phi) is 4.06. The van der Waals surface area contributed by atoms with E-state index < -0.39 is 0 Å². The van der Waals surface area contributed by atoms with Gasteiger partial charge in [-0.1, -0.05) is 13.8 Å². The minimum absolute atomic E-state index is 0.578. The number of nitrogen functional groups attached to an aromatic ring is 1. The molecule has 0 amide bonds. The number of anilines is 1. The highest BCUT2D eigenvalue weighted by molar-refractivity contribution is 9.10. The van der Waals surface area contributed by atoms with Gasteiger partial charge in [-0.2, -0.15) is 0 Å². The van der Waals surface area contributed by atoms with Crippen molar-refractivity contribution >= 4 is 33.5 Å². The predicted octanol–water partition coefficient (Wildman–Crippen LogP) is 3.32. The fraction of sp³-hybridized carbons (Fsp3) is 0.444. The van der Waals surface area contributed by atoms with Crippen molar-refractivity contribution in [2.24, 2.45) is 0 Å². The summed E-state index contributed by atoms with van der Waals surface area (Å²) in [4.78, 5) is 5.16. The van der Waals surface area contributed by atoms with Crippen LogP contribution in [0.4, 0.5) is 5.82 Å². The van der Waals surface area contributed by atoms with E-state index in [-0.39, 0.29) is 0 Å². The van der Waals surface area contributed by atoms with Crippen LogP contribution in [-0.4, -0.2) is 10.2 Å². The molecule has 0 aliphatic heterocycles. The highest BCUT2D eigenvalue weighted by Crippen LogP contribution is 2.32. The van der Waals surface area contributed by atoms with Gasteiger partial charge in [-0.15, -0.1) is 11.8 Å². The fourth-order valence-electron chi connectivity index (χ4n) is 0.826. The lowest BCUT2D eigenvalue weighted by Crippen LogP contribution is -1.95. The van der Waals surface area contributed by atoms with Crippen LogP contribution in [-0.2, 0) is 0 Å². The summed E-state index contributed by atoms with van der Waals surface area (Å²) in [7, 11) is 0. The molecule has 1 heterocycles. The second-order valence-corrected chi connectivity index (χ2v) is 5.21. The van der Waals surface area contributed by atoms with Crippen LogP contribution in [0.1, 0.15) is 20.3 Å². The maximum atomic E-state index is 5.60. The average molecular weight is 261 g/mol. The van der Waals surface area contributed by atoms with Gasteiger partial charge in [-0.3, -0.25) is 0 Å². The van der Waals surface area contributed by atoms with Crippen LogP contribution < -0.4 is 5.73 Å². The standard InChI is InChI=1S/C9H13BrN2S/c1-3-6(2)13-8-4-9(11)12-5-7(8)10/h4-6H,3H2,1-2H3,(H2,11,12). The van der Waals surface area contributed by atoms with E-state index in [9.17, 15) is 0 Å². The van der Waals surface area contributed by atoms with Gasteiger partial charge in [0, 0.05) is 20.8 Å². The van der Waals surface area contributed by atoms with Crippen LogP contribution in [0.25, 0.3) is 0 Å². The van der Waals surface area contributed by atoms with Crippen LogP contribution in [0.5, 0.6) is 0 Å². The number of hydrogen-bond donors (Lipinski definition) is 1. The zero-order valence-corrected chi connectivity index (χ0v) is 10.2. The average Bonchev–Trinajstić information content (AvgIpc) is 2.11. The summed E-state index contributed by atoms with van der Waals surface area (Å²) >= 11 is 5.27. The number of pyridine rings is 1. The number of rotatable bonds is 3. The van der Waals surface area contributed by atoms with Crippen molar-refractivity contribution in [3.63, 3.8) is 0 Å². The minimum atomic E-state index is 0.578. The molecule has 4 heteroatoms. The van der Waals surface area contributed by atoms with E-state index in [1.807, 2.05) is 17.8 Å². The first-order chi connectivity index (χ1) is 6.13. The van der Waals surface area contributed by atoms with Crippen molar-refractivity contribution in [2.45, 2.75) is 30.4 Å². The molecule has 1 unspecified atom stereocenters. The van der Waals surface area contributed by atoms with Gasteiger partial charge >= 0.3 is 0 Å². The quantitative estimate of drug-likeness (QED) is 0.848. The molecule has 0 saturated heterocycles. The third-order valence-corrected chi connectivity index (χ3v) is 3.97. The molecule has 0 aliphatic carbocycles. The molecule has 1 aromatic heterocycles. The molecule has 0 radical (unpaired) electrons. The Morgan fingerprint density at radius 3 is 3.00 bits per heavy atom. The number of halogens is 1. The molecule has 0 fully saturated rings. The molecular weight excluding hydrogens is 248 g/mol. The van der Waals surface area contributed by atoms with Crippen LogP contribution >= 0.6 is 27.7 Å². The highest BCUT2D eigenvalue weighted by Gasteiger charge is 2.06. The summed E-state index contributed by atoms with van der Waals surface area (Å²) in [5.74, 6) is 0.578. The summed E-state index contributed by atoms with van der Waals surface area (Å²) in [5.41, 5.74) is 5.60. The first kappa shape index (κ1) is 10.9. The van der Waals surface area contributed by atoms with Gasteiger partial charge in [0.1, 0.15) is 5.82 Å². The Balaban J connectivity index is 2.81. The first-order valence-corrected chi connectivity index (χ1v) is 5.88. The van der Waals surface area contributed by atoms with Gasteiger partial charge in [0.2, 0.25) is 0 Å². The van der Waals surface area contributed by atoms with Crippen LogP contribution in [0.15, 0.2) is 21.6 Å². The summed E-state index contributed by atoms with van der Waals surface area (Å²) in [6, 6.07) is 1.90. The van der Waals surface area contributed by atoms with Crippen LogP contribution in [0.2, 0.25) is 0 Å². The topological polar surface area (TPSA) is 38.9 Å². The van der Waals surface area contributed by atoms with Crippen molar-refractivity contribution in [3.8, 4) is 0 Å². The van der Waals surface area contributed by atoms with Crippen LogP contribution in [0.3, 0.4) is 0 Å². The van der Waals surface area contributed by atoms with Gasteiger partial charge in [-0.05, 0) is 28.4 Å². The maximum Gasteiger partial charge on any atom is 0.124 e.